The predicted molar refractivity (Wildman–Crippen MR) is 125 cm³/mol. The number of rotatable bonds is 3. The molecule has 0 N–H and O–H groups in total. The van der Waals surface area contributed by atoms with Crippen LogP contribution in [0.3, 0.4) is 0 Å². The lowest BCUT2D eigenvalue weighted by Gasteiger charge is -2.36. The summed E-state index contributed by atoms with van der Waals surface area (Å²) in [6.45, 7) is 8.67. The molecule has 3 aromatic rings. The van der Waals surface area contributed by atoms with E-state index in [4.69, 9.17) is 9.47 Å². The molecule has 0 saturated carbocycles. The van der Waals surface area contributed by atoms with Crippen molar-refractivity contribution in [2.24, 2.45) is 0 Å². The summed E-state index contributed by atoms with van der Waals surface area (Å²) in [6.07, 6.45) is 0. The van der Waals surface area contributed by atoms with Gasteiger partial charge in [0.25, 0.3) is 5.91 Å². The van der Waals surface area contributed by atoms with Gasteiger partial charge in [-0.15, -0.1) is 11.3 Å². The van der Waals surface area contributed by atoms with Crippen LogP contribution in [0.15, 0.2) is 48.5 Å². The Morgan fingerprint density at radius 1 is 0.903 bits per heavy atom. The maximum atomic E-state index is 13.1. The van der Waals surface area contributed by atoms with Crippen LogP contribution in [0.2, 0.25) is 0 Å². The molecule has 1 amide bonds. The van der Waals surface area contributed by atoms with Gasteiger partial charge >= 0.3 is 0 Å². The van der Waals surface area contributed by atoms with Gasteiger partial charge in [-0.05, 0) is 66.9 Å². The highest BCUT2D eigenvalue weighted by Crippen LogP contribution is 2.37. The molecule has 0 atom stereocenters. The van der Waals surface area contributed by atoms with Gasteiger partial charge in [0.05, 0.1) is 4.88 Å². The molecule has 2 aliphatic rings. The van der Waals surface area contributed by atoms with Crippen LogP contribution in [0.4, 0.5) is 5.69 Å². The van der Waals surface area contributed by atoms with Crippen molar-refractivity contribution < 1.29 is 14.3 Å². The number of thiophene rings is 1. The number of fused-ring (bicyclic) bond motifs is 1. The third-order valence-corrected chi connectivity index (χ3v) is 7.25. The quantitative estimate of drug-likeness (QED) is 0.596. The van der Waals surface area contributed by atoms with Crippen molar-refractivity contribution >= 4 is 22.9 Å². The van der Waals surface area contributed by atoms with Gasteiger partial charge in [-0.2, -0.15) is 0 Å². The highest BCUT2D eigenvalue weighted by Gasteiger charge is 2.24. The molecule has 0 radical (unpaired) electrons. The average molecular weight is 435 g/mol. The molecule has 5 rings (SSSR count). The number of piperazine rings is 1. The van der Waals surface area contributed by atoms with Crippen LogP contribution in [-0.2, 0) is 0 Å². The number of ether oxygens (including phenoxy) is 2. The molecule has 1 fully saturated rings. The zero-order chi connectivity index (χ0) is 21.4. The molecule has 1 saturated heterocycles. The van der Waals surface area contributed by atoms with Crippen LogP contribution >= 0.6 is 11.3 Å². The molecule has 160 valence electrons. The van der Waals surface area contributed by atoms with Gasteiger partial charge < -0.3 is 19.3 Å². The molecule has 5 nitrogen and oxygen atoms in total. The fourth-order valence-electron chi connectivity index (χ4n) is 4.19. The summed E-state index contributed by atoms with van der Waals surface area (Å²) < 4.78 is 11.3. The fraction of sp³-hybridized carbons (Fsp3) is 0.320. The van der Waals surface area contributed by atoms with Gasteiger partial charge in [-0.1, -0.05) is 12.1 Å². The van der Waals surface area contributed by atoms with Crippen LogP contribution in [0.25, 0.3) is 10.4 Å². The number of carbonyl (C=O) groups excluding carboxylic acids is 1. The fourth-order valence-corrected chi connectivity index (χ4v) is 5.16. The summed E-state index contributed by atoms with van der Waals surface area (Å²) in [5.74, 6) is 1.67. The highest BCUT2D eigenvalue weighted by molar-refractivity contribution is 7.17. The van der Waals surface area contributed by atoms with E-state index in [0.29, 0.717) is 13.2 Å². The lowest BCUT2D eigenvalue weighted by molar-refractivity contribution is 0.0751. The normalized spacial score (nSPS) is 15.8. The SMILES string of the molecule is Cc1cccc(N2CCN(C(=O)c3ccc(-c4ccc5c(c4)OCCO5)s3)CC2)c1C. The Morgan fingerprint density at radius 2 is 1.68 bits per heavy atom. The van der Waals surface area contributed by atoms with Gasteiger partial charge in [0.15, 0.2) is 11.5 Å². The largest absolute Gasteiger partial charge is 0.486 e. The zero-order valence-electron chi connectivity index (χ0n) is 17.9. The minimum absolute atomic E-state index is 0.120. The lowest BCUT2D eigenvalue weighted by atomic mass is 10.1. The summed E-state index contributed by atoms with van der Waals surface area (Å²) in [7, 11) is 0. The zero-order valence-corrected chi connectivity index (χ0v) is 18.7. The molecule has 2 aliphatic heterocycles. The van der Waals surface area contributed by atoms with Crippen LogP contribution in [0, 0.1) is 13.8 Å². The van der Waals surface area contributed by atoms with Crippen molar-refractivity contribution in [1.29, 1.82) is 0 Å². The van der Waals surface area contributed by atoms with Crippen molar-refractivity contribution in [3.8, 4) is 21.9 Å². The average Bonchev–Trinajstić information content (AvgIpc) is 3.31. The van der Waals surface area contributed by atoms with E-state index in [1.54, 1.807) is 0 Å². The molecule has 1 aromatic heterocycles. The van der Waals surface area contributed by atoms with Crippen LogP contribution in [0.5, 0.6) is 11.5 Å². The minimum Gasteiger partial charge on any atom is -0.486 e. The van der Waals surface area contributed by atoms with Crippen molar-refractivity contribution in [3.63, 3.8) is 0 Å². The molecule has 0 aliphatic carbocycles. The van der Waals surface area contributed by atoms with E-state index in [1.807, 2.05) is 35.2 Å². The first-order valence-electron chi connectivity index (χ1n) is 10.7. The summed E-state index contributed by atoms with van der Waals surface area (Å²) in [5, 5.41) is 0. The van der Waals surface area contributed by atoms with E-state index in [-0.39, 0.29) is 5.91 Å². The predicted octanol–water partition coefficient (Wildman–Crippen LogP) is 4.77. The second kappa shape index (κ2) is 8.27. The lowest BCUT2D eigenvalue weighted by Crippen LogP contribution is -2.48. The molecule has 0 spiro atoms. The Hall–Kier alpha value is -2.99. The van der Waals surface area contributed by atoms with Gasteiger partial charge in [0.1, 0.15) is 13.2 Å². The van der Waals surface area contributed by atoms with Gasteiger partial charge in [0, 0.05) is 36.7 Å². The summed E-state index contributed by atoms with van der Waals surface area (Å²) in [6, 6.07) is 16.4. The van der Waals surface area contributed by atoms with Gasteiger partial charge in [-0.25, -0.2) is 0 Å². The van der Waals surface area contributed by atoms with Gasteiger partial charge in [-0.3, -0.25) is 4.79 Å². The number of aryl methyl sites for hydroxylation is 1. The standard InChI is InChI=1S/C25H26N2O3S/c1-17-4-3-5-20(18(17)2)26-10-12-27(13-11-26)25(28)24-9-8-23(31-24)19-6-7-21-22(16-19)30-15-14-29-21/h3-9,16H,10-15H2,1-2H3. The number of nitrogens with zero attached hydrogens (tertiary/aromatic N) is 2. The van der Waals surface area contributed by atoms with Crippen LogP contribution < -0.4 is 14.4 Å². The molecule has 3 heterocycles. The number of hydrogen-bond donors (Lipinski definition) is 0. The number of hydrogen-bond acceptors (Lipinski definition) is 5. The Labute approximate surface area is 186 Å². The van der Waals surface area contributed by atoms with Crippen molar-refractivity contribution in [2.45, 2.75) is 13.8 Å². The first kappa shape index (κ1) is 19.9. The van der Waals surface area contributed by atoms with Gasteiger partial charge in [0.2, 0.25) is 0 Å². The second-order valence-corrected chi connectivity index (χ2v) is 9.10. The second-order valence-electron chi connectivity index (χ2n) is 8.02. The molecule has 0 bridgehead atoms. The highest BCUT2D eigenvalue weighted by atomic mass is 32.1. The summed E-state index contributed by atoms with van der Waals surface area (Å²) in [5.41, 5.74) is 4.96. The molecule has 2 aromatic carbocycles. The maximum absolute atomic E-state index is 13.1. The third-order valence-electron chi connectivity index (χ3n) is 6.13. The van der Waals surface area contributed by atoms with Crippen molar-refractivity contribution in [3.05, 3.63) is 64.5 Å². The smallest absolute Gasteiger partial charge is 0.264 e. The summed E-state index contributed by atoms with van der Waals surface area (Å²) in [4.78, 5) is 19.3. The Bertz CT molecular complexity index is 1120. The monoisotopic (exact) mass is 434 g/mol. The number of carbonyl (C=O) groups is 1. The third kappa shape index (κ3) is 3.88. The first-order chi connectivity index (χ1) is 15.1. The summed E-state index contributed by atoms with van der Waals surface area (Å²) >= 11 is 1.54. The topological polar surface area (TPSA) is 42.0 Å². The van der Waals surface area contributed by atoms with Crippen LogP contribution in [-0.4, -0.2) is 50.2 Å². The van der Waals surface area contributed by atoms with E-state index in [0.717, 1.165) is 53.0 Å². The molecule has 6 heteroatoms. The number of amides is 1. The van der Waals surface area contributed by atoms with Crippen molar-refractivity contribution in [1.82, 2.24) is 4.90 Å². The molecule has 0 unspecified atom stereocenters. The minimum atomic E-state index is 0.120. The van der Waals surface area contributed by atoms with E-state index in [2.05, 4.69) is 36.9 Å². The maximum Gasteiger partial charge on any atom is 0.264 e. The van der Waals surface area contributed by atoms with E-state index < -0.39 is 0 Å². The molecular formula is C25H26N2O3S. The number of benzene rings is 2. The molecular weight excluding hydrogens is 408 g/mol. The van der Waals surface area contributed by atoms with Crippen molar-refractivity contribution in [2.75, 3.05) is 44.3 Å². The van der Waals surface area contributed by atoms with E-state index in [9.17, 15) is 4.79 Å². The first-order valence-corrected chi connectivity index (χ1v) is 11.5. The van der Waals surface area contributed by atoms with Crippen LogP contribution in [0.1, 0.15) is 20.8 Å². The Kier molecular flexibility index (Phi) is 5.32. The van der Waals surface area contributed by atoms with E-state index in [1.165, 1.54) is 28.2 Å². The number of anilines is 1. The Balaban J connectivity index is 1.27. The molecule has 31 heavy (non-hydrogen) atoms. The van der Waals surface area contributed by atoms with E-state index >= 15 is 0 Å². The Morgan fingerprint density at radius 3 is 2.48 bits per heavy atom.